The van der Waals surface area contributed by atoms with Gasteiger partial charge in [-0.25, -0.2) is 0 Å². The minimum absolute atomic E-state index is 0.115. The summed E-state index contributed by atoms with van der Waals surface area (Å²) in [6, 6.07) is 0.149. The van der Waals surface area contributed by atoms with E-state index in [1.54, 1.807) is 0 Å². The Kier molecular flexibility index (Phi) is 4.80. The zero-order valence-corrected chi connectivity index (χ0v) is 11.3. The normalized spacial score (nSPS) is 23.8. The van der Waals surface area contributed by atoms with Crippen LogP contribution in [0.4, 0.5) is 0 Å². The Morgan fingerprint density at radius 1 is 1.16 bits per heavy atom. The number of hydrogen-bond acceptors (Lipinski definition) is 3. The molecule has 1 saturated carbocycles. The number of carbonyl (C=O) groups excluding carboxylic acids is 1. The minimum Gasteiger partial charge on any atom is -0.481 e. The molecule has 1 amide bonds. The van der Waals surface area contributed by atoms with E-state index in [1.165, 1.54) is 0 Å². The number of amides is 1. The number of carboxylic acids is 1. The smallest absolute Gasteiger partial charge is 0.310 e. The summed E-state index contributed by atoms with van der Waals surface area (Å²) >= 11 is 0. The molecular formula is C14H23NO4. The van der Waals surface area contributed by atoms with Crippen LogP contribution in [0.1, 0.15) is 51.4 Å². The second-order valence-electron chi connectivity index (χ2n) is 5.78. The summed E-state index contributed by atoms with van der Waals surface area (Å²) in [5.41, 5.74) is -0.826. The molecule has 0 bridgehead atoms. The van der Waals surface area contributed by atoms with Gasteiger partial charge in [0.1, 0.15) is 0 Å². The topological polar surface area (TPSA) is 75.6 Å². The van der Waals surface area contributed by atoms with Gasteiger partial charge in [0, 0.05) is 25.7 Å². The van der Waals surface area contributed by atoms with Gasteiger partial charge in [-0.05, 0) is 25.7 Å². The van der Waals surface area contributed by atoms with Crippen LogP contribution in [-0.4, -0.2) is 36.2 Å². The van der Waals surface area contributed by atoms with Gasteiger partial charge in [-0.2, -0.15) is 0 Å². The molecule has 5 heteroatoms. The highest BCUT2D eigenvalue weighted by Crippen LogP contribution is 2.39. The van der Waals surface area contributed by atoms with Crippen LogP contribution in [-0.2, 0) is 14.3 Å². The van der Waals surface area contributed by atoms with Gasteiger partial charge in [-0.15, -0.1) is 0 Å². The standard InChI is InChI=1S/C14H23NO4/c16-12(15-11-4-8-19-9-5-11)10-14(13(17)18)6-2-1-3-7-14/h11H,1-10H2,(H,15,16)(H,17,18). The second kappa shape index (κ2) is 6.37. The Balaban J connectivity index is 1.89. The maximum Gasteiger partial charge on any atom is 0.310 e. The van der Waals surface area contributed by atoms with Crippen molar-refractivity contribution < 1.29 is 19.4 Å². The van der Waals surface area contributed by atoms with E-state index in [0.717, 1.165) is 32.1 Å². The van der Waals surface area contributed by atoms with Crippen molar-refractivity contribution >= 4 is 11.9 Å². The molecule has 1 aliphatic heterocycles. The van der Waals surface area contributed by atoms with E-state index in [0.29, 0.717) is 26.1 Å². The number of hydrogen-bond donors (Lipinski definition) is 2. The summed E-state index contributed by atoms with van der Waals surface area (Å²) < 4.78 is 5.24. The zero-order valence-electron chi connectivity index (χ0n) is 11.3. The lowest BCUT2D eigenvalue weighted by atomic mass is 9.71. The monoisotopic (exact) mass is 269 g/mol. The van der Waals surface area contributed by atoms with Gasteiger partial charge in [0.25, 0.3) is 0 Å². The van der Waals surface area contributed by atoms with E-state index < -0.39 is 11.4 Å². The molecule has 5 nitrogen and oxygen atoms in total. The summed E-state index contributed by atoms with van der Waals surface area (Å²) in [7, 11) is 0. The molecule has 2 rings (SSSR count). The third-order valence-electron chi connectivity index (χ3n) is 4.35. The average molecular weight is 269 g/mol. The fourth-order valence-corrected chi connectivity index (χ4v) is 3.12. The first-order chi connectivity index (χ1) is 9.12. The Hall–Kier alpha value is -1.10. The van der Waals surface area contributed by atoms with Gasteiger partial charge in [0.15, 0.2) is 0 Å². The number of nitrogens with one attached hydrogen (secondary N) is 1. The van der Waals surface area contributed by atoms with Gasteiger partial charge >= 0.3 is 5.97 Å². The van der Waals surface area contributed by atoms with E-state index in [-0.39, 0.29) is 18.4 Å². The maximum absolute atomic E-state index is 12.1. The molecule has 0 spiro atoms. The van der Waals surface area contributed by atoms with Crippen molar-refractivity contribution in [3.8, 4) is 0 Å². The number of aliphatic carboxylic acids is 1. The van der Waals surface area contributed by atoms with E-state index in [9.17, 15) is 14.7 Å². The first-order valence-corrected chi connectivity index (χ1v) is 7.23. The molecule has 1 aliphatic carbocycles. The van der Waals surface area contributed by atoms with Crippen LogP contribution in [0.2, 0.25) is 0 Å². The molecule has 2 N–H and O–H groups in total. The van der Waals surface area contributed by atoms with Crippen molar-refractivity contribution in [2.75, 3.05) is 13.2 Å². The van der Waals surface area contributed by atoms with Crippen molar-refractivity contribution in [3.05, 3.63) is 0 Å². The SMILES string of the molecule is O=C(CC1(C(=O)O)CCCCC1)NC1CCOCC1. The van der Waals surface area contributed by atoms with Gasteiger partial charge in [-0.1, -0.05) is 19.3 Å². The van der Waals surface area contributed by atoms with Gasteiger partial charge in [-0.3, -0.25) is 9.59 Å². The summed E-state index contributed by atoms with van der Waals surface area (Å²) in [6.45, 7) is 1.35. The van der Waals surface area contributed by atoms with E-state index >= 15 is 0 Å². The van der Waals surface area contributed by atoms with E-state index in [2.05, 4.69) is 5.32 Å². The lowest BCUT2D eigenvalue weighted by Gasteiger charge is -2.33. The Morgan fingerprint density at radius 3 is 2.37 bits per heavy atom. The van der Waals surface area contributed by atoms with Crippen LogP contribution in [0.3, 0.4) is 0 Å². The third-order valence-corrected chi connectivity index (χ3v) is 4.35. The van der Waals surface area contributed by atoms with Crippen LogP contribution in [0, 0.1) is 5.41 Å². The molecule has 2 fully saturated rings. The summed E-state index contributed by atoms with van der Waals surface area (Å²) in [6.07, 6.45) is 5.94. The van der Waals surface area contributed by atoms with E-state index in [1.807, 2.05) is 0 Å². The molecule has 1 saturated heterocycles. The molecule has 19 heavy (non-hydrogen) atoms. The number of rotatable bonds is 4. The minimum atomic E-state index is -0.826. The van der Waals surface area contributed by atoms with Gasteiger partial charge in [0.05, 0.1) is 5.41 Å². The van der Waals surface area contributed by atoms with Crippen LogP contribution < -0.4 is 5.32 Å². The number of ether oxygens (including phenoxy) is 1. The molecule has 0 atom stereocenters. The fourth-order valence-electron chi connectivity index (χ4n) is 3.12. The summed E-state index contributed by atoms with van der Waals surface area (Å²) in [5.74, 6) is -0.925. The maximum atomic E-state index is 12.1. The molecular weight excluding hydrogens is 246 g/mol. The average Bonchev–Trinajstić information content (AvgIpc) is 2.40. The third kappa shape index (κ3) is 3.69. The van der Waals surface area contributed by atoms with Crippen molar-refractivity contribution in [2.45, 2.75) is 57.4 Å². The highest BCUT2D eigenvalue weighted by atomic mass is 16.5. The molecule has 0 aromatic rings. The quantitative estimate of drug-likeness (QED) is 0.814. The lowest BCUT2D eigenvalue weighted by Crippen LogP contribution is -2.44. The second-order valence-corrected chi connectivity index (χ2v) is 5.78. The predicted octanol–water partition coefficient (Wildman–Crippen LogP) is 1.71. The van der Waals surface area contributed by atoms with Crippen molar-refractivity contribution in [2.24, 2.45) is 5.41 Å². The highest BCUT2D eigenvalue weighted by Gasteiger charge is 2.41. The molecule has 0 aromatic heterocycles. The molecule has 0 radical (unpaired) electrons. The number of carbonyl (C=O) groups is 2. The van der Waals surface area contributed by atoms with Crippen LogP contribution in [0.5, 0.6) is 0 Å². The Morgan fingerprint density at radius 2 is 1.79 bits per heavy atom. The predicted molar refractivity (Wildman–Crippen MR) is 69.8 cm³/mol. The zero-order chi connectivity index (χ0) is 13.7. The molecule has 108 valence electrons. The molecule has 2 aliphatic rings. The first kappa shape index (κ1) is 14.3. The Labute approximate surface area is 113 Å². The van der Waals surface area contributed by atoms with Crippen molar-refractivity contribution in [3.63, 3.8) is 0 Å². The Bertz CT molecular complexity index is 330. The highest BCUT2D eigenvalue weighted by molar-refractivity contribution is 5.85. The van der Waals surface area contributed by atoms with Gasteiger partial charge in [0.2, 0.25) is 5.91 Å². The fraction of sp³-hybridized carbons (Fsp3) is 0.857. The van der Waals surface area contributed by atoms with Crippen LogP contribution in [0.25, 0.3) is 0 Å². The summed E-state index contributed by atoms with van der Waals surface area (Å²) in [4.78, 5) is 23.6. The molecule has 1 heterocycles. The van der Waals surface area contributed by atoms with Crippen LogP contribution >= 0.6 is 0 Å². The largest absolute Gasteiger partial charge is 0.481 e. The first-order valence-electron chi connectivity index (χ1n) is 7.23. The van der Waals surface area contributed by atoms with E-state index in [4.69, 9.17) is 4.74 Å². The van der Waals surface area contributed by atoms with Gasteiger partial charge < -0.3 is 15.2 Å². The molecule has 0 aromatic carbocycles. The van der Waals surface area contributed by atoms with Crippen molar-refractivity contribution in [1.29, 1.82) is 0 Å². The lowest BCUT2D eigenvalue weighted by molar-refractivity contribution is -0.154. The molecule has 0 unspecified atom stereocenters. The summed E-state index contributed by atoms with van der Waals surface area (Å²) in [5, 5.41) is 12.4. The van der Waals surface area contributed by atoms with Crippen LogP contribution in [0.15, 0.2) is 0 Å². The number of carboxylic acid groups (broad SMARTS) is 1. The van der Waals surface area contributed by atoms with Crippen molar-refractivity contribution in [1.82, 2.24) is 5.32 Å².